The molecule has 0 spiro atoms. The van der Waals surface area contributed by atoms with Gasteiger partial charge in [-0.1, -0.05) is 30.3 Å². The number of hydrogen-bond acceptors (Lipinski definition) is 4. The molecule has 0 heterocycles. The maximum absolute atomic E-state index is 12.3. The molecule has 2 amide bonds. The zero-order chi connectivity index (χ0) is 21.4. The first-order valence-corrected chi connectivity index (χ1v) is 9.77. The van der Waals surface area contributed by atoms with E-state index in [1.807, 2.05) is 70.3 Å². The summed E-state index contributed by atoms with van der Waals surface area (Å²) in [6, 6.07) is 17.4. The molecule has 0 radical (unpaired) electrons. The van der Waals surface area contributed by atoms with Crippen molar-refractivity contribution >= 4 is 23.4 Å². The van der Waals surface area contributed by atoms with Crippen LogP contribution in [-0.4, -0.2) is 37.2 Å². The van der Waals surface area contributed by atoms with Gasteiger partial charge < -0.3 is 15.0 Å². The lowest BCUT2D eigenvalue weighted by Crippen LogP contribution is -2.40. The molecular formula is C23H31N3O3. The molecule has 0 aliphatic rings. The Kier molecular flexibility index (Phi) is 7.65. The number of anilines is 2. The van der Waals surface area contributed by atoms with Crippen molar-refractivity contribution in [3.63, 3.8) is 0 Å². The summed E-state index contributed by atoms with van der Waals surface area (Å²) in [6.45, 7) is 8.07. The molecule has 0 aliphatic carbocycles. The van der Waals surface area contributed by atoms with Crippen LogP contribution in [0.3, 0.4) is 0 Å². The van der Waals surface area contributed by atoms with Gasteiger partial charge in [0.1, 0.15) is 5.60 Å². The lowest BCUT2D eigenvalue weighted by Gasteiger charge is -2.27. The zero-order valence-corrected chi connectivity index (χ0v) is 17.9. The molecule has 2 aromatic rings. The number of nitrogens with zero attached hydrogens (tertiary/aromatic N) is 1. The van der Waals surface area contributed by atoms with E-state index < -0.39 is 11.7 Å². The van der Waals surface area contributed by atoms with E-state index in [9.17, 15) is 9.59 Å². The Labute approximate surface area is 173 Å². The van der Waals surface area contributed by atoms with Gasteiger partial charge in [-0.2, -0.15) is 0 Å². The van der Waals surface area contributed by atoms with Gasteiger partial charge in [0.25, 0.3) is 0 Å². The zero-order valence-electron chi connectivity index (χ0n) is 17.9. The van der Waals surface area contributed by atoms with Gasteiger partial charge in [-0.05, 0) is 57.5 Å². The lowest BCUT2D eigenvalue weighted by molar-refractivity contribution is -0.120. The molecule has 2 rings (SSSR count). The van der Waals surface area contributed by atoms with Crippen molar-refractivity contribution in [2.75, 3.05) is 23.8 Å². The van der Waals surface area contributed by atoms with E-state index in [1.54, 1.807) is 12.1 Å². The number of carbonyl (C=O) groups excluding carboxylic acids is 2. The number of benzene rings is 2. The number of ether oxygens (including phenoxy) is 1. The van der Waals surface area contributed by atoms with Crippen LogP contribution < -0.4 is 15.5 Å². The fourth-order valence-corrected chi connectivity index (χ4v) is 2.69. The largest absolute Gasteiger partial charge is 0.444 e. The maximum Gasteiger partial charge on any atom is 0.412 e. The minimum Gasteiger partial charge on any atom is -0.444 e. The van der Waals surface area contributed by atoms with E-state index in [4.69, 9.17) is 4.74 Å². The minimum atomic E-state index is -0.548. The first-order chi connectivity index (χ1) is 13.6. The number of carbonyl (C=O) groups is 2. The highest BCUT2D eigenvalue weighted by Crippen LogP contribution is 2.15. The van der Waals surface area contributed by atoms with E-state index >= 15 is 0 Å². The summed E-state index contributed by atoms with van der Waals surface area (Å²) in [6.07, 6.45) is -0.214. The second-order valence-corrected chi connectivity index (χ2v) is 8.10. The average Bonchev–Trinajstić information content (AvgIpc) is 2.66. The van der Waals surface area contributed by atoms with E-state index in [1.165, 1.54) is 0 Å². The van der Waals surface area contributed by atoms with Gasteiger partial charge in [-0.25, -0.2) is 4.79 Å². The molecule has 6 nitrogen and oxygen atoms in total. The van der Waals surface area contributed by atoms with Gasteiger partial charge in [0.2, 0.25) is 5.91 Å². The second-order valence-electron chi connectivity index (χ2n) is 8.10. The Hall–Kier alpha value is -3.02. The van der Waals surface area contributed by atoms with Crippen LogP contribution in [0, 0.1) is 0 Å². The molecule has 0 bridgehead atoms. The van der Waals surface area contributed by atoms with Crippen LogP contribution in [0.2, 0.25) is 0 Å². The van der Waals surface area contributed by atoms with Crippen LogP contribution in [-0.2, 0) is 16.0 Å². The van der Waals surface area contributed by atoms with Gasteiger partial charge in [0, 0.05) is 31.0 Å². The van der Waals surface area contributed by atoms with Gasteiger partial charge in [-0.15, -0.1) is 0 Å². The van der Waals surface area contributed by atoms with Crippen LogP contribution in [0.4, 0.5) is 16.2 Å². The number of rotatable bonds is 7. The van der Waals surface area contributed by atoms with Gasteiger partial charge >= 0.3 is 6.09 Å². The molecular weight excluding hydrogens is 366 g/mol. The van der Waals surface area contributed by atoms with Crippen molar-refractivity contribution in [3.05, 3.63) is 60.2 Å². The lowest BCUT2D eigenvalue weighted by atomic mass is 10.1. The van der Waals surface area contributed by atoms with Gasteiger partial charge in [0.05, 0.1) is 6.42 Å². The molecule has 0 aromatic heterocycles. The summed E-state index contributed by atoms with van der Waals surface area (Å²) in [7, 11) is 2.02. The minimum absolute atomic E-state index is 0.0360. The predicted octanol–water partition coefficient (Wildman–Crippen LogP) is 4.22. The third-order valence-electron chi connectivity index (χ3n) is 4.38. The Balaban J connectivity index is 1.79. The number of amides is 2. The normalized spacial score (nSPS) is 12.0. The van der Waals surface area contributed by atoms with E-state index in [-0.39, 0.29) is 18.4 Å². The molecule has 0 aliphatic heterocycles. The molecule has 0 saturated heterocycles. The SMILES string of the molecule is CC(CNC(=O)Cc1ccc(NC(=O)OC(C)(C)C)cc1)N(C)c1ccccc1. The van der Waals surface area contributed by atoms with Crippen LogP contribution in [0.15, 0.2) is 54.6 Å². The molecule has 156 valence electrons. The quantitative estimate of drug-likeness (QED) is 0.734. The smallest absolute Gasteiger partial charge is 0.412 e. The monoisotopic (exact) mass is 397 g/mol. The highest BCUT2D eigenvalue weighted by molar-refractivity contribution is 5.85. The van der Waals surface area contributed by atoms with Gasteiger partial charge in [-0.3, -0.25) is 10.1 Å². The Bertz CT molecular complexity index is 798. The topological polar surface area (TPSA) is 70.7 Å². The fourth-order valence-electron chi connectivity index (χ4n) is 2.69. The first-order valence-electron chi connectivity index (χ1n) is 9.77. The Morgan fingerprint density at radius 3 is 2.24 bits per heavy atom. The van der Waals surface area contributed by atoms with Crippen molar-refractivity contribution in [1.82, 2.24) is 5.32 Å². The summed E-state index contributed by atoms with van der Waals surface area (Å²) in [5.41, 5.74) is 2.07. The molecule has 2 aromatic carbocycles. The first kappa shape index (κ1) is 22.3. The molecule has 2 N–H and O–H groups in total. The van der Waals surface area contributed by atoms with Crippen LogP contribution >= 0.6 is 0 Å². The molecule has 6 heteroatoms. The van der Waals surface area contributed by atoms with Crippen molar-refractivity contribution in [3.8, 4) is 0 Å². The molecule has 1 atom stereocenters. The summed E-state index contributed by atoms with van der Waals surface area (Å²) in [5.74, 6) is -0.0360. The highest BCUT2D eigenvalue weighted by Gasteiger charge is 2.16. The molecule has 1 unspecified atom stereocenters. The van der Waals surface area contributed by atoms with Gasteiger partial charge in [0.15, 0.2) is 0 Å². The average molecular weight is 398 g/mol. The van der Waals surface area contributed by atoms with Crippen LogP contribution in [0.5, 0.6) is 0 Å². The van der Waals surface area contributed by atoms with E-state index in [2.05, 4.69) is 22.5 Å². The molecule has 29 heavy (non-hydrogen) atoms. The maximum atomic E-state index is 12.3. The Morgan fingerprint density at radius 1 is 1.03 bits per heavy atom. The Morgan fingerprint density at radius 2 is 1.66 bits per heavy atom. The fraction of sp³-hybridized carbons (Fsp3) is 0.391. The summed E-state index contributed by atoms with van der Waals surface area (Å²) < 4.78 is 5.22. The third-order valence-corrected chi connectivity index (χ3v) is 4.38. The number of nitrogens with one attached hydrogen (secondary N) is 2. The third kappa shape index (κ3) is 7.86. The van der Waals surface area contributed by atoms with Crippen molar-refractivity contribution < 1.29 is 14.3 Å². The number of para-hydroxylation sites is 1. The summed E-state index contributed by atoms with van der Waals surface area (Å²) >= 11 is 0. The number of hydrogen-bond donors (Lipinski definition) is 2. The van der Waals surface area contributed by atoms with Crippen molar-refractivity contribution in [1.29, 1.82) is 0 Å². The second kappa shape index (κ2) is 9.96. The van der Waals surface area contributed by atoms with Crippen LogP contribution in [0.1, 0.15) is 33.3 Å². The van der Waals surface area contributed by atoms with Crippen LogP contribution in [0.25, 0.3) is 0 Å². The van der Waals surface area contributed by atoms with E-state index in [0.717, 1.165) is 11.3 Å². The number of likely N-dealkylation sites (N-methyl/N-ethyl adjacent to an activating group) is 1. The summed E-state index contributed by atoms with van der Waals surface area (Å²) in [5, 5.41) is 5.66. The van der Waals surface area contributed by atoms with E-state index in [0.29, 0.717) is 12.2 Å². The summed E-state index contributed by atoms with van der Waals surface area (Å²) in [4.78, 5) is 26.2. The molecule has 0 fully saturated rings. The highest BCUT2D eigenvalue weighted by atomic mass is 16.6. The van der Waals surface area contributed by atoms with Crippen molar-refractivity contribution in [2.45, 2.75) is 45.8 Å². The predicted molar refractivity (Wildman–Crippen MR) is 117 cm³/mol. The molecule has 0 saturated carbocycles. The van der Waals surface area contributed by atoms with Crippen molar-refractivity contribution in [2.24, 2.45) is 0 Å². The standard InChI is InChI=1S/C23H31N3O3/c1-17(26(5)20-9-7-6-8-10-20)16-24-21(27)15-18-11-13-19(14-12-18)25-22(28)29-23(2,3)4/h6-14,17H,15-16H2,1-5H3,(H,24,27)(H,25,28).